The Hall–Kier alpha value is -2.55. The van der Waals surface area contributed by atoms with E-state index in [0.717, 1.165) is 50.3 Å². The average molecular weight is 438 g/mol. The van der Waals surface area contributed by atoms with Crippen molar-refractivity contribution in [3.63, 3.8) is 0 Å². The minimum Gasteiger partial charge on any atom is -0.326 e. The van der Waals surface area contributed by atoms with E-state index >= 15 is 0 Å². The summed E-state index contributed by atoms with van der Waals surface area (Å²) in [5.74, 6) is 0.502. The van der Waals surface area contributed by atoms with E-state index in [1.165, 1.54) is 24.3 Å². The molecule has 0 saturated heterocycles. The summed E-state index contributed by atoms with van der Waals surface area (Å²) in [5, 5.41) is 2.83. The minimum absolute atomic E-state index is 0.0946. The van der Waals surface area contributed by atoms with Crippen LogP contribution < -0.4 is 10.0 Å². The van der Waals surface area contributed by atoms with E-state index in [-0.39, 0.29) is 21.9 Å². The number of sulfonamides is 1. The summed E-state index contributed by atoms with van der Waals surface area (Å²) in [5.41, 5.74) is -1.16. The third kappa shape index (κ3) is 4.03. The molecule has 2 fully saturated rings. The Morgan fingerprint density at radius 3 is 2.30 bits per heavy atom. The molecule has 0 spiro atoms. The zero-order valence-corrected chi connectivity index (χ0v) is 16.8. The van der Waals surface area contributed by atoms with Crippen LogP contribution in [0.1, 0.15) is 37.7 Å². The van der Waals surface area contributed by atoms with Crippen LogP contribution in [0.5, 0.6) is 0 Å². The van der Waals surface area contributed by atoms with E-state index in [1.807, 2.05) is 0 Å². The lowest BCUT2D eigenvalue weighted by atomic mass is 9.83. The van der Waals surface area contributed by atoms with Gasteiger partial charge in [-0.25, -0.2) is 8.42 Å². The Bertz CT molecular complexity index is 1070. The zero-order valence-electron chi connectivity index (χ0n) is 16.0. The molecule has 2 aliphatic rings. The molecule has 1 amide bonds. The lowest BCUT2D eigenvalue weighted by Crippen LogP contribution is -2.32. The monoisotopic (exact) mass is 438 g/mol. The quantitative estimate of drug-likeness (QED) is 0.688. The molecule has 2 aromatic carbocycles. The van der Waals surface area contributed by atoms with Gasteiger partial charge in [0.05, 0.1) is 10.5 Å². The highest BCUT2D eigenvalue weighted by Gasteiger charge is 2.49. The van der Waals surface area contributed by atoms with Gasteiger partial charge in [-0.3, -0.25) is 9.52 Å². The van der Waals surface area contributed by atoms with E-state index in [2.05, 4.69) is 10.0 Å². The number of carbonyl (C=O) groups is 1. The molecule has 4 rings (SSSR count). The summed E-state index contributed by atoms with van der Waals surface area (Å²) in [6.07, 6.45) is 0.0706. The Kier molecular flexibility index (Phi) is 5.04. The molecule has 2 N–H and O–H groups in total. The second-order valence-corrected chi connectivity index (χ2v) is 9.78. The van der Waals surface area contributed by atoms with E-state index in [4.69, 9.17) is 0 Å². The number of hydrogen-bond donors (Lipinski definition) is 2. The first-order chi connectivity index (χ1) is 14.1. The summed E-state index contributed by atoms with van der Waals surface area (Å²) in [7, 11) is -4.13. The van der Waals surface area contributed by atoms with Crippen LogP contribution in [0.3, 0.4) is 0 Å². The number of nitrogens with one attached hydrogen (secondary N) is 2. The van der Waals surface area contributed by atoms with Crippen LogP contribution in [-0.4, -0.2) is 14.3 Å². The van der Waals surface area contributed by atoms with Gasteiger partial charge in [-0.15, -0.1) is 0 Å². The number of carbonyl (C=O) groups excluding carboxylic acids is 1. The van der Waals surface area contributed by atoms with Gasteiger partial charge in [0, 0.05) is 16.8 Å². The number of benzene rings is 2. The Morgan fingerprint density at radius 1 is 1.00 bits per heavy atom. The minimum atomic E-state index is -4.58. The number of rotatable bonds is 5. The van der Waals surface area contributed by atoms with Gasteiger partial charge in [-0.1, -0.05) is 12.1 Å². The topological polar surface area (TPSA) is 75.3 Å². The Morgan fingerprint density at radius 2 is 1.67 bits per heavy atom. The highest BCUT2D eigenvalue weighted by molar-refractivity contribution is 7.92. The summed E-state index contributed by atoms with van der Waals surface area (Å²) in [6.45, 7) is 0. The van der Waals surface area contributed by atoms with Crippen molar-refractivity contribution >= 4 is 27.3 Å². The maximum atomic E-state index is 12.9. The molecule has 2 aromatic rings. The van der Waals surface area contributed by atoms with Crippen LogP contribution in [0.25, 0.3) is 0 Å². The first-order valence-electron chi connectivity index (χ1n) is 9.69. The first-order valence-corrected chi connectivity index (χ1v) is 11.2. The fourth-order valence-corrected chi connectivity index (χ4v) is 5.58. The van der Waals surface area contributed by atoms with Crippen LogP contribution in [-0.2, 0) is 21.0 Å². The molecule has 0 atom stereocenters. The molecule has 0 radical (unpaired) electrons. The molecule has 9 heteroatoms. The average Bonchev–Trinajstić information content (AvgIpc) is 3.30. The largest absolute Gasteiger partial charge is 0.416 e. The van der Waals surface area contributed by atoms with E-state index in [1.54, 1.807) is 6.07 Å². The molecule has 160 valence electrons. The van der Waals surface area contributed by atoms with Gasteiger partial charge in [0.25, 0.3) is 10.0 Å². The molecule has 0 aromatic heterocycles. The van der Waals surface area contributed by atoms with Gasteiger partial charge >= 0.3 is 6.18 Å². The Labute approximate surface area is 172 Å². The Balaban J connectivity index is 1.52. The first kappa shape index (κ1) is 20.7. The maximum Gasteiger partial charge on any atom is 0.416 e. The van der Waals surface area contributed by atoms with Gasteiger partial charge in [0.2, 0.25) is 5.91 Å². The van der Waals surface area contributed by atoms with Crippen LogP contribution in [0.2, 0.25) is 0 Å². The second kappa shape index (κ2) is 7.30. The van der Waals surface area contributed by atoms with Crippen molar-refractivity contribution in [3.8, 4) is 0 Å². The van der Waals surface area contributed by atoms with Crippen molar-refractivity contribution in [1.29, 1.82) is 0 Å². The predicted octanol–water partition coefficient (Wildman–Crippen LogP) is 5.03. The predicted molar refractivity (Wildman–Crippen MR) is 106 cm³/mol. The molecular weight excluding hydrogens is 417 g/mol. The van der Waals surface area contributed by atoms with Gasteiger partial charge in [0.1, 0.15) is 0 Å². The van der Waals surface area contributed by atoms with Gasteiger partial charge in [-0.05, 0) is 74.4 Å². The van der Waals surface area contributed by atoms with Crippen LogP contribution >= 0.6 is 0 Å². The third-order valence-electron chi connectivity index (χ3n) is 6.07. The smallest absolute Gasteiger partial charge is 0.326 e. The van der Waals surface area contributed by atoms with E-state index in [0.29, 0.717) is 11.6 Å². The fourth-order valence-electron chi connectivity index (χ4n) is 4.49. The molecule has 2 saturated carbocycles. The third-order valence-corrected chi connectivity index (χ3v) is 7.45. The highest BCUT2D eigenvalue weighted by Crippen LogP contribution is 2.54. The normalized spacial score (nSPS) is 23.4. The number of hydrogen-bond acceptors (Lipinski definition) is 3. The summed E-state index contributed by atoms with van der Waals surface area (Å²) in [4.78, 5) is 12.6. The standard InChI is InChI=1S/C21H21F3N2O3S/c22-21(23,24)15-3-1-5-17(11-15)26-30(28,29)18-6-2-4-16(12-18)25-19(27)20-9-7-14(13-20)8-10-20/h1-6,11-12,14,26H,7-10,13H2,(H,25,27). The number of anilines is 2. The lowest BCUT2D eigenvalue weighted by Gasteiger charge is -2.25. The summed E-state index contributed by atoms with van der Waals surface area (Å²) in [6, 6.07) is 9.69. The van der Waals surface area contributed by atoms with Gasteiger partial charge in [-0.2, -0.15) is 13.2 Å². The van der Waals surface area contributed by atoms with Crippen molar-refractivity contribution in [2.45, 2.75) is 43.2 Å². The van der Waals surface area contributed by atoms with Crippen molar-refractivity contribution in [1.82, 2.24) is 0 Å². The fraction of sp³-hybridized carbons (Fsp3) is 0.381. The summed E-state index contributed by atoms with van der Waals surface area (Å²) < 4.78 is 66.1. The van der Waals surface area contributed by atoms with Gasteiger partial charge in [0.15, 0.2) is 0 Å². The molecule has 30 heavy (non-hydrogen) atoms. The highest BCUT2D eigenvalue weighted by atomic mass is 32.2. The van der Waals surface area contributed by atoms with Crippen molar-refractivity contribution < 1.29 is 26.4 Å². The molecule has 0 aliphatic heterocycles. The molecule has 0 heterocycles. The number of fused-ring (bicyclic) bond motifs is 2. The number of alkyl halides is 3. The molecule has 2 aliphatic carbocycles. The number of amides is 1. The number of halogens is 3. The van der Waals surface area contributed by atoms with Crippen molar-refractivity contribution in [2.24, 2.45) is 11.3 Å². The van der Waals surface area contributed by atoms with Gasteiger partial charge < -0.3 is 5.32 Å². The van der Waals surface area contributed by atoms with Crippen LogP contribution in [0, 0.1) is 11.3 Å². The lowest BCUT2D eigenvalue weighted by molar-refractivity contribution is -0.137. The molecular formula is C21H21F3N2O3S. The van der Waals surface area contributed by atoms with Crippen LogP contribution in [0.4, 0.5) is 24.5 Å². The zero-order chi connectivity index (χ0) is 21.6. The van der Waals surface area contributed by atoms with E-state index in [9.17, 15) is 26.4 Å². The molecule has 5 nitrogen and oxygen atoms in total. The van der Waals surface area contributed by atoms with Crippen LogP contribution in [0.15, 0.2) is 53.4 Å². The van der Waals surface area contributed by atoms with E-state index < -0.39 is 21.8 Å². The molecule has 2 bridgehead atoms. The van der Waals surface area contributed by atoms with Crippen molar-refractivity contribution in [2.75, 3.05) is 10.0 Å². The maximum absolute atomic E-state index is 12.9. The SMILES string of the molecule is O=C(Nc1cccc(S(=O)(=O)Nc2cccc(C(F)(F)F)c2)c1)C12CCC(CC1)C2. The summed E-state index contributed by atoms with van der Waals surface area (Å²) >= 11 is 0. The van der Waals surface area contributed by atoms with Crippen molar-refractivity contribution in [3.05, 3.63) is 54.1 Å². The second-order valence-electron chi connectivity index (χ2n) is 8.09. The molecule has 0 unspecified atom stereocenters.